The average Bonchev–Trinajstić information content (AvgIpc) is 2.38. The predicted octanol–water partition coefficient (Wildman–Crippen LogP) is 2.08. The summed E-state index contributed by atoms with van der Waals surface area (Å²) in [5.41, 5.74) is 0.696. The van der Waals surface area contributed by atoms with Crippen molar-refractivity contribution in [3.05, 3.63) is 35.6 Å². The Balaban J connectivity index is 2.38. The van der Waals surface area contributed by atoms with E-state index in [-0.39, 0.29) is 18.4 Å². The van der Waals surface area contributed by atoms with E-state index in [4.69, 9.17) is 5.11 Å². The Kier molecular flexibility index (Phi) is 5.96. The maximum absolute atomic E-state index is 13.0. The van der Waals surface area contributed by atoms with Crippen molar-refractivity contribution in [2.24, 2.45) is 5.92 Å². The van der Waals surface area contributed by atoms with Gasteiger partial charge in [0.15, 0.2) is 0 Å². The lowest BCUT2D eigenvalue weighted by atomic mass is 10.1. The highest BCUT2D eigenvalue weighted by Crippen LogP contribution is 2.06. The lowest BCUT2D eigenvalue weighted by Gasteiger charge is -2.18. The van der Waals surface area contributed by atoms with Crippen LogP contribution in [0.4, 0.5) is 9.18 Å². The zero-order chi connectivity index (χ0) is 15.1. The summed E-state index contributed by atoms with van der Waals surface area (Å²) in [6.07, 6.45) is 0.370. The Morgan fingerprint density at radius 2 is 2.15 bits per heavy atom. The van der Waals surface area contributed by atoms with Crippen LogP contribution in [0.5, 0.6) is 0 Å². The number of carbonyl (C=O) groups excluding carboxylic acids is 1. The molecule has 0 heterocycles. The molecule has 1 unspecified atom stereocenters. The van der Waals surface area contributed by atoms with E-state index in [0.29, 0.717) is 18.5 Å². The van der Waals surface area contributed by atoms with Gasteiger partial charge in [-0.25, -0.2) is 9.18 Å². The number of amides is 2. The second kappa shape index (κ2) is 7.47. The van der Waals surface area contributed by atoms with Crippen LogP contribution in [0.1, 0.15) is 18.9 Å². The molecule has 0 saturated carbocycles. The van der Waals surface area contributed by atoms with Crippen molar-refractivity contribution in [1.29, 1.82) is 0 Å². The molecule has 2 N–H and O–H groups in total. The number of rotatable bonds is 6. The zero-order valence-corrected chi connectivity index (χ0v) is 11.6. The number of carboxylic acids is 1. The minimum atomic E-state index is -0.882. The monoisotopic (exact) mass is 282 g/mol. The molecule has 1 aromatic carbocycles. The molecule has 20 heavy (non-hydrogen) atoms. The molecule has 0 aliphatic heterocycles. The van der Waals surface area contributed by atoms with Crippen LogP contribution < -0.4 is 5.32 Å². The summed E-state index contributed by atoms with van der Waals surface area (Å²) in [7, 11) is 1.60. The van der Waals surface area contributed by atoms with Crippen LogP contribution in [0, 0.1) is 11.7 Å². The molecule has 5 nitrogen and oxygen atoms in total. The number of urea groups is 1. The largest absolute Gasteiger partial charge is 0.481 e. The van der Waals surface area contributed by atoms with Crippen molar-refractivity contribution in [3.63, 3.8) is 0 Å². The van der Waals surface area contributed by atoms with Crippen LogP contribution in [0.25, 0.3) is 0 Å². The van der Waals surface area contributed by atoms with Crippen LogP contribution in [-0.2, 0) is 11.3 Å². The molecule has 0 aliphatic carbocycles. The summed E-state index contributed by atoms with van der Waals surface area (Å²) < 4.78 is 13.0. The van der Waals surface area contributed by atoms with Gasteiger partial charge in [-0.2, -0.15) is 0 Å². The van der Waals surface area contributed by atoms with Gasteiger partial charge >= 0.3 is 12.0 Å². The normalized spacial score (nSPS) is 11.8. The number of nitrogens with one attached hydrogen (secondary N) is 1. The molecule has 110 valence electrons. The van der Waals surface area contributed by atoms with E-state index < -0.39 is 11.9 Å². The van der Waals surface area contributed by atoms with Crippen LogP contribution in [0.3, 0.4) is 0 Å². The van der Waals surface area contributed by atoms with E-state index in [9.17, 15) is 14.0 Å². The third-order valence-corrected chi connectivity index (χ3v) is 2.93. The molecule has 0 spiro atoms. The fourth-order valence-electron chi connectivity index (χ4n) is 1.64. The van der Waals surface area contributed by atoms with E-state index in [0.717, 1.165) is 0 Å². The molecule has 6 heteroatoms. The van der Waals surface area contributed by atoms with Gasteiger partial charge < -0.3 is 15.3 Å². The molecule has 0 aromatic heterocycles. The van der Waals surface area contributed by atoms with Crippen molar-refractivity contribution < 1.29 is 19.1 Å². The quantitative estimate of drug-likeness (QED) is 0.839. The first-order valence-corrected chi connectivity index (χ1v) is 6.36. The number of carboxylic acid groups (broad SMARTS) is 1. The second-order valence-corrected chi connectivity index (χ2v) is 4.75. The van der Waals surface area contributed by atoms with Gasteiger partial charge in [0.2, 0.25) is 0 Å². The van der Waals surface area contributed by atoms with E-state index in [2.05, 4.69) is 5.32 Å². The van der Waals surface area contributed by atoms with Gasteiger partial charge in [0, 0.05) is 20.1 Å². The maximum Gasteiger partial charge on any atom is 0.317 e. The molecule has 0 bridgehead atoms. The molecule has 0 fully saturated rings. The Hall–Kier alpha value is -2.11. The number of hydrogen-bond donors (Lipinski definition) is 2. The number of benzene rings is 1. The molecule has 1 aromatic rings. The first-order valence-electron chi connectivity index (χ1n) is 6.36. The standard InChI is InChI=1S/C14H19FN2O3/c1-10(13(18)19)6-7-16-14(20)17(2)9-11-4-3-5-12(15)8-11/h3-5,8,10H,6-7,9H2,1-2H3,(H,16,20)(H,18,19). The molecule has 0 radical (unpaired) electrons. The van der Waals surface area contributed by atoms with Crippen LogP contribution in [-0.4, -0.2) is 35.6 Å². The van der Waals surface area contributed by atoms with Crippen LogP contribution in [0.15, 0.2) is 24.3 Å². The van der Waals surface area contributed by atoms with Crippen molar-refractivity contribution in [1.82, 2.24) is 10.2 Å². The Bertz CT molecular complexity index is 479. The number of hydrogen-bond acceptors (Lipinski definition) is 2. The Morgan fingerprint density at radius 3 is 2.75 bits per heavy atom. The smallest absolute Gasteiger partial charge is 0.317 e. The fourth-order valence-corrected chi connectivity index (χ4v) is 1.64. The minimum Gasteiger partial charge on any atom is -0.481 e. The topological polar surface area (TPSA) is 69.6 Å². The van der Waals surface area contributed by atoms with Crippen molar-refractivity contribution >= 4 is 12.0 Å². The number of nitrogens with zero attached hydrogens (tertiary/aromatic N) is 1. The molecular weight excluding hydrogens is 263 g/mol. The molecular formula is C14H19FN2O3. The highest BCUT2D eigenvalue weighted by molar-refractivity contribution is 5.74. The van der Waals surface area contributed by atoms with Gasteiger partial charge in [-0.3, -0.25) is 4.79 Å². The lowest BCUT2D eigenvalue weighted by Crippen LogP contribution is -2.38. The number of carbonyl (C=O) groups is 2. The average molecular weight is 282 g/mol. The van der Waals surface area contributed by atoms with Gasteiger partial charge in [0.25, 0.3) is 0 Å². The third-order valence-electron chi connectivity index (χ3n) is 2.93. The summed E-state index contributed by atoms with van der Waals surface area (Å²) >= 11 is 0. The van der Waals surface area contributed by atoms with Gasteiger partial charge in [0.05, 0.1) is 5.92 Å². The Labute approximate surface area is 117 Å². The first kappa shape index (κ1) is 15.9. The fraction of sp³-hybridized carbons (Fsp3) is 0.429. The Morgan fingerprint density at radius 1 is 1.45 bits per heavy atom. The van der Waals surface area contributed by atoms with E-state index in [1.807, 2.05) is 0 Å². The van der Waals surface area contributed by atoms with E-state index in [1.54, 1.807) is 26.1 Å². The van der Waals surface area contributed by atoms with Crippen LogP contribution in [0.2, 0.25) is 0 Å². The van der Waals surface area contributed by atoms with Crippen LogP contribution >= 0.6 is 0 Å². The molecule has 1 atom stereocenters. The summed E-state index contributed by atoms with van der Waals surface area (Å²) in [5, 5.41) is 11.4. The highest BCUT2D eigenvalue weighted by Gasteiger charge is 2.13. The maximum atomic E-state index is 13.0. The summed E-state index contributed by atoms with van der Waals surface area (Å²) in [4.78, 5) is 23.8. The second-order valence-electron chi connectivity index (χ2n) is 4.75. The van der Waals surface area contributed by atoms with Crippen molar-refractivity contribution in [2.75, 3.05) is 13.6 Å². The predicted molar refractivity (Wildman–Crippen MR) is 72.7 cm³/mol. The van der Waals surface area contributed by atoms with Crippen molar-refractivity contribution in [3.8, 4) is 0 Å². The summed E-state index contributed by atoms with van der Waals surface area (Å²) in [5.74, 6) is -1.72. The minimum absolute atomic E-state index is 0.290. The van der Waals surface area contributed by atoms with Gasteiger partial charge in [-0.1, -0.05) is 19.1 Å². The molecule has 0 saturated heterocycles. The SMILES string of the molecule is CC(CCNC(=O)N(C)Cc1cccc(F)c1)C(=O)O. The molecule has 2 amide bonds. The van der Waals surface area contributed by atoms with E-state index in [1.165, 1.54) is 17.0 Å². The van der Waals surface area contributed by atoms with Crippen molar-refractivity contribution in [2.45, 2.75) is 19.9 Å². The third kappa shape index (κ3) is 5.26. The molecule has 1 rings (SSSR count). The lowest BCUT2D eigenvalue weighted by molar-refractivity contribution is -0.141. The summed E-state index contributed by atoms with van der Waals surface area (Å²) in [6, 6.07) is 5.73. The van der Waals surface area contributed by atoms with Gasteiger partial charge in [-0.15, -0.1) is 0 Å². The summed E-state index contributed by atoms with van der Waals surface area (Å²) in [6.45, 7) is 2.17. The molecule has 0 aliphatic rings. The van der Waals surface area contributed by atoms with Gasteiger partial charge in [0.1, 0.15) is 5.82 Å². The van der Waals surface area contributed by atoms with Gasteiger partial charge in [-0.05, 0) is 24.1 Å². The highest BCUT2D eigenvalue weighted by atomic mass is 19.1. The zero-order valence-electron chi connectivity index (χ0n) is 11.6. The number of halogens is 1. The first-order chi connectivity index (χ1) is 9.40. The number of aliphatic carboxylic acids is 1. The van der Waals surface area contributed by atoms with E-state index >= 15 is 0 Å².